The molecule has 3 aromatic carbocycles. The molecule has 1 aliphatic rings. The largest absolute Gasteiger partial charge is 0.334 e. The van der Waals surface area contributed by atoms with Crippen molar-refractivity contribution in [1.29, 1.82) is 0 Å². The van der Waals surface area contributed by atoms with Crippen molar-refractivity contribution >= 4 is 28.9 Å². The lowest BCUT2D eigenvalue weighted by Crippen LogP contribution is -2.46. The lowest BCUT2D eigenvalue weighted by Gasteiger charge is -2.35. The summed E-state index contributed by atoms with van der Waals surface area (Å²) in [7, 11) is 0. The van der Waals surface area contributed by atoms with E-state index in [-0.39, 0.29) is 6.03 Å². The molecular formula is C26H21ClN4O2. The molecule has 1 N–H and O–H groups in total. The van der Waals surface area contributed by atoms with E-state index in [2.05, 4.69) is 15.5 Å². The van der Waals surface area contributed by atoms with E-state index < -0.39 is 6.04 Å². The Bertz CT molecular complexity index is 1350. The van der Waals surface area contributed by atoms with E-state index in [0.717, 1.165) is 33.6 Å². The molecule has 0 bridgehead atoms. The normalized spacial score (nSPS) is 16.2. The van der Waals surface area contributed by atoms with Gasteiger partial charge in [0.1, 0.15) is 0 Å². The van der Waals surface area contributed by atoms with Gasteiger partial charge in [-0.05, 0) is 43.7 Å². The third-order valence-corrected chi connectivity index (χ3v) is 5.88. The van der Waals surface area contributed by atoms with Crippen molar-refractivity contribution in [3.63, 3.8) is 0 Å². The van der Waals surface area contributed by atoms with E-state index in [1.165, 1.54) is 0 Å². The molecule has 0 aliphatic carbocycles. The van der Waals surface area contributed by atoms with E-state index in [9.17, 15) is 4.79 Å². The third-order valence-electron chi connectivity index (χ3n) is 5.65. The fourth-order valence-corrected chi connectivity index (χ4v) is 4.18. The fourth-order valence-electron chi connectivity index (χ4n) is 3.99. The Balaban J connectivity index is 1.65. The number of anilines is 1. The summed E-state index contributed by atoms with van der Waals surface area (Å²) in [5, 5.41) is 7.89. The highest BCUT2D eigenvalue weighted by molar-refractivity contribution is 6.30. The van der Waals surface area contributed by atoms with Gasteiger partial charge in [-0.15, -0.1) is 0 Å². The number of rotatable bonds is 4. The minimum absolute atomic E-state index is 0.220. The number of aromatic nitrogens is 2. The molecule has 0 radical (unpaired) electrons. The second kappa shape index (κ2) is 8.56. The molecule has 1 aliphatic heterocycles. The number of nitrogens with one attached hydrogen (secondary N) is 1. The van der Waals surface area contributed by atoms with Crippen LogP contribution in [0.1, 0.15) is 30.0 Å². The summed E-state index contributed by atoms with van der Waals surface area (Å²) >= 11 is 6.14. The summed E-state index contributed by atoms with van der Waals surface area (Å²) < 4.78 is 5.72. The number of nitrogens with zero attached hydrogens (tertiary/aromatic N) is 3. The summed E-state index contributed by atoms with van der Waals surface area (Å²) in [6.45, 7) is 3.92. The van der Waals surface area contributed by atoms with Crippen LogP contribution in [0, 0.1) is 6.92 Å². The number of aryl methyl sites for hydroxylation is 1. The lowest BCUT2D eigenvalue weighted by molar-refractivity contribution is 0.244. The Morgan fingerprint density at radius 1 is 0.970 bits per heavy atom. The van der Waals surface area contributed by atoms with Crippen LogP contribution in [0.15, 0.2) is 89.1 Å². The van der Waals surface area contributed by atoms with Crippen LogP contribution in [0.4, 0.5) is 10.5 Å². The quantitative estimate of drug-likeness (QED) is 0.385. The van der Waals surface area contributed by atoms with Crippen LogP contribution in [-0.4, -0.2) is 16.2 Å². The molecule has 0 fully saturated rings. The highest BCUT2D eigenvalue weighted by atomic mass is 35.5. The second-order valence-electron chi connectivity index (χ2n) is 7.90. The average molecular weight is 457 g/mol. The lowest BCUT2D eigenvalue weighted by atomic mass is 9.94. The second-order valence-corrected chi connectivity index (χ2v) is 8.33. The Labute approximate surface area is 196 Å². The maximum atomic E-state index is 13.2. The molecule has 0 spiro atoms. The van der Waals surface area contributed by atoms with E-state index in [1.807, 2.05) is 80.6 Å². The van der Waals surface area contributed by atoms with E-state index in [0.29, 0.717) is 16.7 Å². The van der Waals surface area contributed by atoms with Crippen molar-refractivity contribution in [2.45, 2.75) is 19.9 Å². The molecule has 2 amide bonds. The molecular weight excluding hydrogens is 436 g/mol. The van der Waals surface area contributed by atoms with Crippen LogP contribution in [0.5, 0.6) is 0 Å². The van der Waals surface area contributed by atoms with Crippen molar-refractivity contribution in [1.82, 2.24) is 15.5 Å². The van der Waals surface area contributed by atoms with Crippen LogP contribution in [0.2, 0.25) is 5.02 Å². The van der Waals surface area contributed by atoms with Gasteiger partial charge in [-0.1, -0.05) is 76.9 Å². The van der Waals surface area contributed by atoms with E-state index in [1.54, 1.807) is 17.0 Å². The van der Waals surface area contributed by atoms with Gasteiger partial charge in [0, 0.05) is 16.3 Å². The van der Waals surface area contributed by atoms with E-state index in [4.69, 9.17) is 16.1 Å². The fraction of sp³-hybridized carbons (Fsp3) is 0.115. The molecule has 1 atom stereocenters. The van der Waals surface area contributed by atoms with Gasteiger partial charge in [0.05, 0.1) is 17.3 Å². The van der Waals surface area contributed by atoms with Crippen LogP contribution in [-0.2, 0) is 0 Å². The Kier molecular flexibility index (Phi) is 5.44. The summed E-state index contributed by atoms with van der Waals surface area (Å²) in [6.07, 6.45) is 0. The number of benzene rings is 3. The Hall–Kier alpha value is -3.90. The van der Waals surface area contributed by atoms with Gasteiger partial charge in [0.15, 0.2) is 0 Å². The van der Waals surface area contributed by atoms with Crippen molar-refractivity contribution in [3.8, 4) is 11.4 Å². The molecule has 7 heteroatoms. The molecule has 0 saturated heterocycles. The predicted molar refractivity (Wildman–Crippen MR) is 129 cm³/mol. The van der Waals surface area contributed by atoms with Crippen molar-refractivity contribution in [3.05, 3.63) is 107 Å². The number of carbonyl (C=O) groups is 1. The third kappa shape index (κ3) is 4.01. The summed E-state index contributed by atoms with van der Waals surface area (Å²) in [4.78, 5) is 19.5. The van der Waals surface area contributed by atoms with Crippen LogP contribution in [0.25, 0.3) is 17.0 Å². The van der Waals surface area contributed by atoms with Crippen LogP contribution in [0.3, 0.4) is 0 Å². The van der Waals surface area contributed by atoms with Crippen molar-refractivity contribution < 1.29 is 9.32 Å². The SMILES string of the molecule is CC1=C(c2nc(-c3cccc(Cl)c3)no2)C(c2ccc(C)cc2)NC(=O)N1c1ccccc1. The van der Waals surface area contributed by atoms with Crippen molar-refractivity contribution in [2.75, 3.05) is 4.90 Å². The molecule has 164 valence electrons. The monoisotopic (exact) mass is 456 g/mol. The molecule has 6 nitrogen and oxygen atoms in total. The smallest absolute Gasteiger partial charge is 0.326 e. The molecule has 33 heavy (non-hydrogen) atoms. The van der Waals surface area contributed by atoms with Crippen LogP contribution >= 0.6 is 11.6 Å². The van der Waals surface area contributed by atoms with Gasteiger partial charge >= 0.3 is 6.03 Å². The summed E-state index contributed by atoms with van der Waals surface area (Å²) in [5.74, 6) is 0.771. The Morgan fingerprint density at radius 3 is 2.45 bits per heavy atom. The molecule has 1 aromatic heterocycles. The number of para-hydroxylation sites is 1. The number of hydrogen-bond donors (Lipinski definition) is 1. The maximum absolute atomic E-state index is 13.2. The average Bonchev–Trinajstić information content (AvgIpc) is 3.30. The Morgan fingerprint density at radius 2 is 1.73 bits per heavy atom. The maximum Gasteiger partial charge on any atom is 0.326 e. The standard InChI is InChI=1S/C26H21ClN4O2/c1-16-11-13-18(14-12-16)23-22(17(2)31(26(32)28-23)21-9-4-3-5-10-21)25-29-24(30-33-25)19-7-6-8-20(27)15-19/h3-15,23H,1-2H3,(H,28,32). The number of allylic oxidation sites excluding steroid dienone is 1. The first-order valence-electron chi connectivity index (χ1n) is 10.5. The molecule has 5 rings (SSSR count). The molecule has 2 heterocycles. The zero-order chi connectivity index (χ0) is 22.9. The first-order valence-corrected chi connectivity index (χ1v) is 10.9. The summed E-state index contributed by atoms with van der Waals surface area (Å²) in [6, 6.07) is 24.1. The number of urea groups is 1. The van der Waals surface area contributed by atoms with Gasteiger partial charge in [-0.25, -0.2) is 4.79 Å². The highest BCUT2D eigenvalue weighted by Gasteiger charge is 2.36. The van der Waals surface area contributed by atoms with Crippen LogP contribution < -0.4 is 10.2 Å². The van der Waals surface area contributed by atoms with Gasteiger partial charge in [-0.3, -0.25) is 4.90 Å². The number of carbonyl (C=O) groups excluding carboxylic acids is 1. The van der Waals surface area contributed by atoms with Gasteiger partial charge in [-0.2, -0.15) is 4.98 Å². The molecule has 1 unspecified atom stereocenters. The minimum Gasteiger partial charge on any atom is -0.334 e. The molecule has 0 saturated carbocycles. The first-order chi connectivity index (χ1) is 16.0. The van der Waals surface area contributed by atoms with Gasteiger partial charge < -0.3 is 9.84 Å². The first kappa shape index (κ1) is 21.0. The topological polar surface area (TPSA) is 71.3 Å². The highest BCUT2D eigenvalue weighted by Crippen LogP contribution is 2.39. The number of hydrogen-bond acceptors (Lipinski definition) is 4. The molecule has 4 aromatic rings. The predicted octanol–water partition coefficient (Wildman–Crippen LogP) is 6.40. The van der Waals surface area contributed by atoms with E-state index >= 15 is 0 Å². The van der Waals surface area contributed by atoms with Gasteiger partial charge in [0.25, 0.3) is 5.89 Å². The van der Waals surface area contributed by atoms with Gasteiger partial charge in [0.2, 0.25) is 5.82 Å². The zero-order valence-electron chi connectivity index (χ0n) is 18.1. The zero-order valence-corrected chi connectivity index (χ0v) is 18.9. The van der Waals surface area contributed by atoms with Crippen molar-refractivity contribution in [2.24, 2.45) is 0 Å². The number of halogens is 1. The summed E-state index contributed by atoms with van der Waals surface area (Å²) in [5.41, 5.74) is 5.03. The number of amides is 2. The minimum atomic E-state index is -0.439.